The number of ether oxygens (including phenoxy) is 4. The van der Waals surface area contributed by atoms with Crippen molar-refractivity contribution in [3.05, 3.63) is 134 Å². The lowest BCUT2D eigenvalue weighted by Crippen LogP contribution is -2.50. The highest BCUT2D eigenvalue weighted by Crippen LogP contribution is 2.45. The number of carbonyl (C=O) groups excluding carboxylic acids is 1. The largest absolute Gasteiger partial charge is 0.494 e. The summed E-state index contributed by atoms with van der Waals surface area (Å²) in [5, 5.41) is 16.0. The molecular weight excluding hydrogens is 678 g/mol. The van der Waals surface area contributed by atoms with Crippen LogP contribution in [0.15, 0.2) is 106 Å². The van der Waals surface area contributed by atoms with Crippen molar-refractivity contribution >= 4 is 27.7 Å². The molecule has 0 bridgehead atoms. The Bertz CT molecular complexity index is 1810. The molecule has 0 aromatic heterocycles. The number of halogens is 1. The predicted octanol–water partition coefficient (Wildman–Crippen LogP) is 6.85. The number of nitrogens with zero attached hydrogens (tertiary/aromatic N) is 4. The number of carbonyl (C=O) groups is 1. The number of methoxy groups -OCH3 is 2. The molecule has 0 fully saturated rings. The van der Waals surface area contributed by atoms with Gasteiger partial charge < -0.3 is 29.4 Å². The molecule has 0 spiro atoms. The van der Waals surface area contributed by atoms with Crippen LogP contribution < -0.4 is 19.5 Å². The lowest BCUT2D eigenvalue weighted by Gasteiger charge is -2.32. The Labute approximate surface area is 287 Å². The van der Waals surface area contributed by atoms with Gasteiger partial charge in [0, 0.05) is 52.1 Å². The Hall–Kier alpha value is -5.03. The van der Waals surface area contributed by atoms with E-state index in [1.165, 1.54) is 0 Å². The molecule has 248 valence electrons. The second kappa shape index (κ2) is 16.2. The number of aliphatic imine (C=N–C) groups is 1. The summed E-state index contributed by atoms with van der Waals surface area (Å²) in [4.78, 5) is 22.9. The van der Waals surface area contributed by atoms with Crippen LogP contribution >= 0.6 is 15.9 Å². The van der Waals surface area contributed by atoms with Crippen LogP contribution in [-0.4, -0.2) is 49.9 Å². The quantitative estimate of drug-likeness (QED) is 0.0596. The second-order valence-electron chi connectivity index (χ2n) is 11.0. The van der Waals surface area contributed by atoms with Crippen LogP contribution in [0, 0.1) is 0 Å². The number of nitrogens with one attached hydrogen (secondary N) is 1. The summed E-state index contributed by atoms with van der Waals surface area (Å²) >= 11 is 3.68. The summed E-state index contributed by atoms with van der Waals surface area (Å²) in [5.41, 5.74) is 11.3. The molecule has 0 saturated carbocycles. The molecule has 12 heteroatoms. The highest BCUT2D eigenvalue weighted by Gasteiger charge is 2.54. The molecule has 4 aromatic carbocycles. The van der Waals surface area contributed by atoms with E-state index < -0.39 is 11.6 Å². The molecule has 1 amide bonds. The molecule has 1 heterocycles. The Balaban J connectivity index is 1.62. The van der Waals surface area contributed by atoms with E-state index in [0.29, 0.717) is 41.7 Å². The maximum atomic E-state index is 14.8. The molecule has 11 nitrogen and oxygen atoms in total. The SMILES string of the molecule is COc1cccc(CNC(=O)[C@]2(Cc3ccccc3CN=[N+]=[N-])N=C(c3ccc(OCCCO)cc3)O[C@@H]2c2ccccc2Br)c1OC. The minimum Gasteiger partial charge on any atom is -0.494 e. The third-order valence-electron chi connectivity index (χ3n) is 8.02. The Kier molecular flexibility index (Phi) is 11.6. The number of hydrogen-bond acceptors (Lipinski definition) is 8. The van der Waals surface area contributed by atoms with Crippen molar-refractivity contribution in [2.45, 2.75) is 37.6 Å². The van der Waals surface area contributed by atoms with Gasteiger partial charge in [-0.15, -0.1) is 0 Å². The summed E-state index contributed by atoms with van der Waals surface area (Å²) in [7, 11) is 3.11. The maximum absolute atomic E-state index is 14.8. The van der Waals surface area contributed by atoms with Gasteiger partial charge >= 0.3 is 0 Å². The highest BCUT2D eigenvalue weighted by atomic mass is 79.9. The van der Waals surface area contributed by atoms with Crippen LogP contribution in [0.4, 0.5) is 0 Å². The molecule has 1 aliphatic heterocycles. The average Bonchev–Trinajstić information content (AvgIpc) is 3.50. The van der Waals surface area contributed by atoms with E-state index in [9.17, 15) is 4.79 Å². The van der Waals surface area contributed by atoms with E-state index in [4.69, 9.17) is 34.6 Å². The predicted molar refractivity (Wildman–Crippen MR) is 185 cm³/mol. The van der Waals surface area contributed by atoms with E-state index in [2.05, 4.69) is 31.3 Å². The van der Waals surface area contributed by atoms with E-state index in [1.807, 2.05) is 72.8 Å². The van der Waals surface area contributed by atoms with Gasteiger partial charge in [-0.1, -0.05) is 75.6 Å². The molecular formula is C36H36BrN5O6. The maximum Gasteiger partial charge on any atom is 0.252 e. The van der Waals surface area contributed by atoms with Crippen molar-refractivity contribution in [3.8, 4) is 17.2 Å². The summed E-state index contributed by atoms with van der Waals surface area (Å²) in [5.74, 6) is 1.62. The van der Waals surface area contributed by atoms with Gasteiger partial charge in [-0.2, -0.15) is 0 Å². The number of benzene rings is 4. The summed E-state index contributed by atoms with van der Waals surface area (Å²) in [6.45, 7) is 0.670. The first kappa shape index (κ1) is 34.3. The monoisotopic (exact) mass is 713 g/mol. The lowest BCUT2D eigenvalue weighted by molar-refractivity contribution is -0.129. The fourth-order valence-corrected chi connectivity index (χ4v) is 6.14. The van der Waals surface area contributed by atoms with E-state index in [-0.39, 0.29) is 32.0 Å². The summed E-state index contributed by atoms with van der Waals surface area (Å²) in [6, 6.07) is 27.9. The molecule has 0 aliphatic carbocycles. The molecule has 48 heavy (non-hydrogen) atoms. The summed E-state index contributed by atoms with van der Waals surface area (Å²) in [6.07, 6.45) is -0.183. The lowest BCUT2D eigenvalue weighted by atomic mass is 9.81. The number of aliphatic hydroxyl groups is 1. The van der Waals surface area contributed by atoms with Crippen molar-refractivity contribution in [2.75, 3.05) is 27.4 Å². The summed E-state index contributed by atoms with van der Waals surface area (Å²) < 4.78 is 24.3. The molecule has 0 saturated heterocycles. The van der Waals surface area contributed by atoms with Crippen molar-refractivity contribution in [3.63, 3.8) is 0 Å². The third kappa shape index (κ3) is 7.57. The highest BCUT2D eigenvalue weighted by molar-refractivity contribution is 9.10. The fourth-order valence-electron chi connectivity index (χ4n) is 5.65. The van der Waals surface area contributed by atoms with Crippen LogP contribution in [0.5, 0.6) is 17.2 Å². The average molecular weight is 715 g/mol. The molecule has 0 unspecified atom stereocenters. The van der Waals surface area contributed by atoms with Crippen molar-refractivity contribution in [1.82, 2.24) is 5.32 Å². The number of para-hydroxylation sites is 1. The van der Waals surface area contributed by atoms with E-state index in [0.717, 1.165) is 26.7 Å². The second-order valence-corrected chi connectivity index (χ2v) is 11.8. The number of amides is 1. The van der Waals surface area contributed by atoms with Crippen molar-refractivity contribution in [2.24, 2.45) is 10.1 Å². The first-order valence-electron chi connectivity index (χ1n) is 15.3. The van der Waals surface area contributed by atoms with Gasteiger partial charge in [0.25, 0.3) is 5.91 Å². The minimum atomic E-state index is -1.49. The Morgan fingerprint density at radius 1 is 1.00 bits per heavy atom. The fraction of sp³-hybridized carbons (Fsp3) is 0.278. The molecule has 1 aliphatic rings. The zero-order valence-electron chi connectivity index (χ0n) is 26.6. The van der Waals surface area contributed by atoms with Gasteiger partial charge in [-0.3, -0.25) is 4.79 Å². The third-order valence-corrected chi connectivity index (χ3v) is 8.75. The number of hydrogen-bond donors (Lipinski definition) is 2. The van der Waals surface area contributed by atoms with Crippen LogP contribution in [0.25, 0.3) is 10.4 Å². The van der Waals surface area contributed by atoms with Gasteiger partial charge in [-0.25, -0.2) is 4.99 Å². The Morgan fingerprint density at radius 3 is 2.44 bits per heavy atom. The molecule has 0 radical (unpaired) electrons. The van der Waals surface area contributed by atoms with Crippen molar-refractivity contribution in [1.29, 1.82) is 0 Å². The molecule has 4 aromatic rings. The topological polar surface area (TPSA) is 147 Å². The van der Waals surface area contributed by atoms with Crippen molar-refractivity contribution < 1.29 is 28.8 Å². The zero-order valence-corrected chi connectivity index (χ0v) is 28.2. The first-order valence-corrected chi connectivity index (χ1v) is 16.1. The smallest absolute Gasteiger partial charge is 0.252 e. The van der Waals surface area contributed by atoms with Gasteiger partial charge in [0.1, 0.15) is 5.75 Å². The normalized spacial score (nSPS) is 16.7. The van der Waals surface area contributed by atoms with Gasteiger partial charge in [0.05, 0.1) is 27.4 Å². The van der Waals surface area contributed by atoms with Gasteiger partial charge in [0.2, 0.25) is 5.90 Å². The molecule has 2 N–H and O–H groups in total. The van der Waals surface area contributed by atoms with E-state index in [1.54, 1.807) is 32.4 Å². The zero-order chi connectivity index (χ0) is 33.9. The van der Waals surface area contributed by atoms with Gasteiger partial charge in [-0.05, 0) is 53.1 Å². The minimum absolute atomic E-state index is 0.0416. The van der Waals surface area contributed by atoms with Gasteiger partial charge in [0.15, 0.2) is 23.1 Å². The van der Waals surface area contributed by atoms with E-state index >= 15 is 0 Å². The number of rotatable bonds is 15. The molecule has 5 rings (SSSR count). The Morgan fingerprint density at radius 2 is 1.73 bits per heavy atom. The standard InChI is InChI=1S/C36H36BrN5O6/c1-45-31-14-7-11-27(32(31)46-2)22-39-35(44)36(21-25-9-3-4-10-26(25)23-40-42-38)33(29-12-5-6-13-30(29)37)48-34(41-36)24-15-17-28(18-16-24)47-20-8-19-43/h3-7,9-18,33,43H,8,19-23H2,1-2H3,(H,39,44)/t33-,36-/m1/s1. The first-order chi connectivity index (χ1) is 23.4. The number of aliphatic hydroxyl groups excluding tert-OH is 1. The van der Waals surface area contributed by atoms with Crippen LogP contribution in [0.3, 0.4) is 0 Å². The van der Waals surface area contributed by atoms with Crippen LogP contribution in [0.2, 0.25) is 0 Å². The molecule has 2 atom stereocenters. The van der Waals surface area contributed by atoms with Crippen LogP contribution in [0.1, 0.15) is 40.3 Å². The van der Waals surface area contributed by atoms with Crippen LogP contribution in [-0.2, 0) is 29.0 Å². The number of azide groups is 1.